The first-order chi connectivity index (χ1) is 12.1. The van der Waals surface area contributed by atoms with Crippen LogP contribution in [0.1, 0.15) is 44.1 Å². The molecule has 1 aromatic rings. The fourth-order valence-corrected chi connectivity index (χ4v) is 3.83. The van der Waals surface area contributed by atoms with E-state index in [0.29, 0.717) is 19.4 Å². The highest BCUT2D eigenvalue weighted by Crippen LogP contribution is 2.50. The molecule has 6 nitrogen and oxygen atoms in total. The maximum Gasteiger partial charge on any atom is 0.407 e. The summed E-state index contributed by atoms with van der Waals surface area (Å²) in [5, 5.41) is 5.85. The molecule has 0 saturated heterocycles. The first-order valence-corrected chi connectivity index (χ1v) is 8.83. The van der Waals surface area contributed by atoms with Crippen molar-refractivity contribution >= 4 is 12.0 Å². The Hall–Kier alpha value is -2.24. The molecular weight excluding hydrogens is 320 g/mol. The second-order valence-corrected chi connectivity index (χ2v) is 7.07. The zero-order chi connectivity index (χ0) is 17.9. The van der Waals surface area contributed by atoms with E-state index in [4.69, 9.17) is 9.47 Å². The monoisotopic (exact) mass is 346 g/mol. The van der Waals surface area contributed by atoms with Crippen molar-refractivity contribution in [3.8, 4) is 5.75 Å². The van der Waals surface area contributed by atoms with Crippen LogP contribution >= 0.6 is 0 Å². The molecule has 136 valence electrons. The number of alkyl carbamates (subject to hydrolysis) is 1. The predicted molar refractivity (Wildman–Crippen MR) is 93.7 cm³/mol. The van der Waals surface area contributed by atoms with Crippen LogP contribution in [0.5, 0.6) is 5.75 Å². The summed E-state index contributed by atoms with van der Waals surface area (Å²) in [4.78, 5) is 24.5. The molecule has 2 fully saturated rings. The van der Waals surface area contributed by atoms with Crippen molar-refractivity contribution in [1.29, 1.82) is 0 Å². The van der Waals surface area contributed by atoms with E-state index < -0.39 is 11.6 Å². The van der Waals surface area contributed by atoms with Gasteiger partial charge in [0.25, 0.3) is 0 Å². The smallest absolute Gasteiger partial charge is 0.407 e. The number of amides is 2. The molecule has 2 N–H and O–H groups in total. The number of rotatable bonds is 6. The average molecular weight is 346 g/mol. The maximum absolute atomic E-state index is 12.9. The van der Waals surface area contributed by atoms with Gasteiger partial charge in [0.1, 0.15) is 11.3 Å². The van der Waals surface area contributed by atoms with Crippen molar-refractivity contribution in [3.05, 3.63) is 29.8 Å². The number of hydrogen-bond donors (Lipinski definition) is 2. The van der Waals surface area contributed by atoms with E-state index in [2.05, 4.69) is 16.7 Å². The number of methoxy groups -OCH3 is 2. The van der Waals surface area contributed by atoms with Crippen LogP contribution in [0.25, 0.3) is 0 Å². The van der Waals surface area contributed by atoms with Crippen molar-refractivity contribution in [3.63, 3.8) is 0 Å². The van der Waals surface area contributed by atoms with E-state index in [9.17, 15) is 9.59 Å². The molecule has 0 bridgehead atoms. The Morgan fingerprint density at radius 3 is 2.36 bits per heavy atom. The molecular formula is C19H26N2O4. The lowest BCUT2D eigenvalue weighted by atomic mass is 9.93. The Morgan fingerprint density at radius 1 is 1.08 bits per heavy atom. The largest absolute Gasteiger partial charge is 0.496 e. The molecule has 25 heavy (non-hydrogen) atoms. The molecule has 0 aliphatic heterocycles. The van der Waals surface area contributed by atoms with Gasteiger partial charge in [0.15, 0.2) is 0 Å². The van der Waals surface area contributed by atoms with E-state index >= 15 is 0 Å². The Morgan fingerprint density at radius 2 is 1.76 bits per heavy atom. The molecule has 6 heteroatoms. The molecule has 3 rings (SSSR count). The van der Waals surface area contributed by atoms with Crippen LogP contribution in [-0.4, -0.2) is 38.3 Å². The molecule has 0 aromatic heterocycles. The number of para-hydroxylation sites is 1. The van der Waals surface area contributed by atoms with Gasteiger partial charge >= 0.3 is 6.09 Å². The van der Waals surface area contributed by atoms with Gasteiger partial charge in [-0.1, -0.05) is 31.0 Å². The van der Waals surface area contributed by atoms with Crippen LogP contribution in [0.3, 0.4) is 0 Å². The van der Waals surface area contributed by atoms with Gasteiger partial charge in [-0.3, -0.25) is 4.79 Å². The van der Waals surface area contributed by atoms with Gasteiger partial charge in [-0.15, -0.1) is 0 Å². The second-order valence-electron chi connectivity index (χ2n) is 7.07. The summed E-state index contributed by atoms with van der Waals surface area (Å²) >= 11 is 0. The van der Waals surface area contributed by atoms with Crippen molar-refractivity contribution in [2.45, 2.75) is 49.5 Å². The number of benzene rings is 1. The number of nitrogens with one attached hydrogen (secondary N) is 2. The zero-order valence-corrected chi connectivity index (χ0v) is 14.9. The summed E-state index contributed by atoms with van der Waals surface area (Å²) in [6.07, 6.45) is 4.63. The Kier molecular flexibility index (Phi) is 4.88. The third-order valence-electron chi connectivity index (χ3n) is 5.54. The van der Waals surface area contributed by atoms with E-state index in [-0.39, 0.29) is 11.3 Å². The van der Waals surface area contributed by atoms with Crippen LogP contribution in [-0.2, 0) is 14.9 Å². The minimum Gasteiger partial charge on any atom is -0.496 e. The molecule has 0 radical (unpaired) electrons. The van der Waals surface area contributed by atoms with E-state index in [1.54, 1.807) is 7.11 Å². The summed E-state index contributed by atoms with van der Waals surface area (Å²) in [5.41, 5.74) is 0.233. The molecule has 0 atom stereocenters. The first kappa shape index (κ1) is 17.6. The Labute approximate surface area is 148 Å². The maximum atomic E-state index is 12.9. The SMILES string of the molecule is COC(=O)NC1(C(=O)NCC2(c3ccccc3OC)CC2)CCCC1. The Bertz CT molecular complexity index is 649. The highest BCUT2D eigenvalue weighted by Gasteiger charge is 2.48. The van der Waals surface area contributed by atoms with Crippen LogP contribution in [0.4, 0.5) is 4.79 Å². The van der Waals surface area contributed by atoms with Gasteiger partial charge in [0.05, 0.1) is 14.2 Å². The third-order valence-corrected chi connectivity index (χ3v) is 5.54. The van der Waals surface area contributed by atoms with Gasteiger partial charge in [-0.2, -0.15) is 0 Å². The molecule has 2 saturated carbocycles. The topological polar surface area (TPSA) is 76.7 Å². The molecule has 2 aliphatic carbocycles. The third kappa shape index (κ3) is 3.43. The molecule has 0 spiro atoms. The second kappa shape index (κ2) is 6.94. The lowest BCUT2D eigenvalue weighted by Crippen LogP contribution is -2.58. The van der Waals surface area contributed by atoms with E-state index in [0.717, 1.165) is 37.0 Å². The van der Waals surface area contributed by atoms with Crippen LogP contribution in [0, 0.1) is 0 Å². The summed E-state index contributed by atoms with van der Waals surface area (Å²) in [5.74, 6) is 0.745. The first-order valence-electron chi connectivity index (χ1n) is 8.83. The fraction of sp³-hybridized carbons (Fsp3) is 0.579. The van der Waals surface area contributed by atoms with Gasteiger partial charge < -0.3 is 20.1 Å². The predicted octanol–water partition coefficient (Wildman–Crippen LogP) is 2.51. The normalized spacial score (nSPS) is 19.8. The molecule has 0 unspecified atom stereocenters. The minimum absolute atomic E-state index is 0.0622. The van der Waals surface area contributed by atoms with Crippen LogP contribution in [0.15, 0.2) is 24.3 Å². The molecule has 0 heterocycles. The zero-order valence-electron chi connectivity index (χ0n) is 14.9. The highest BCUT2D eigenvalue weighted by atomic mass is 16.5. The minimum atomic E-state index is -0.843. The van der Waals surface area contributed by atoms with Crippen molar-refractivity contribution in [2.24, 2.45) is 0 Å². The fourth-order valence-electron chi connectivity index (χ4n) is 3.83. The van der Waals surface area contributed by atoms with E-state index in [1.807, 2.05) is 18.2 Å². The Balaban J connectivity index is 1.70. The van der Waals surface area contributed by atoms with Gasteiger partial charge in [0, 0.05) is 17.5 Å². The van der Waals surface area contributed by atoms with Crippen molar-refractivity contribution in [1.82, 2.24) is 10.6 Å². The van der Waals surface area contributed by atoms with Crippen LogP contribution in [0.2, 0.25) is 0 Å². The summed E-state index contributed by atoms with van der Waals surface area (Å²) in [7, 11) is 2.98. The van der Waals surface area contributed by atoms with Gasteiger partial charge in [-0.05, 0) is 31.7 Å². The summed E-state index contributed by atoms with van der Waals surface area (Å²) < 4.78 is 10.2. The highest BCUT2D eigenvalue weighted by molar-refractivity contribution is 5.90. The number of ether oxygens (including phenoxy) is 2. The number of hydrogen-bond acceptors (Lipinski definition) is 4. The molecule has 2 amide bonds. The molecule has 2 aliphatic rings. The van der Waals surface area contributed by atoms with Gasteiger partial charge in [-0.25, -0.2) is 4.79 Å². The van der Waals surface area contributed by atoms with E-state index in [1.165, 1.54) is 7.11 Å². The van der Waals surface area contributed by atoms with Gasteiger partial charge in [0.2, 0.25) is 5.91 Å². The van der Waals surface area contributed by atoms with Crippen molar-refractivity contribution in [2.75, 3.05) is 20.8 Å². The summed E-state index contributed by atoms with van der Waals surface area (Å²) in [6, 6.07) is 7.96. The quantitative estimate of drug-likeness (QED) is 0.830. The van der Waals surface area contributed by atoms with Crippen molar-refractivity contribution < 1.29 is 19.1 Å². The number of carbonyl (C=O) groups excluding carboxylic acids is 2. The lowest BCUT2D eigenvalue weighted by molar-refractivity contribution is -0.127. The average Bonchev–Trinajstić information content (AvgIpc) is 3.29. The lowest BCUT2D eigenvalue weighted by Gasteiger charge is -2.29. The molecule has 1 aromatic carbocycles. The number of carbonyl (C=O) groups is 2. The standard InChI is InChI=1S/C19H26N2O4/c1-24-15-8-4-3-7-14(15)18(11-12-18)13-20-16(22)19(9-5-6-10-19)21-17(23)25-2/h3-4,7-8H,5-6,9-13H2,1-2H3,(H,20,22)(H,21,23). The summed E-state index contributed by atoms with van der Waals surface area (Å²) in [6.45, 7) is 0.552. The van der Waals surface area contributed by atoms with Crippen LogP contribution < -0.4 is 15.4 Å².